The van der Waals surface area contributed by atoms with Crippen LogP contribution in [0.4, 0.5) is 8.78 Å². The molecule has 0 atom stereocenters. The van der Waals surface area contributed by atoms with Gasteiger partial charge in [0.15, 0.2) is 5.78 Å². The molecule has 2 aromatic rings. The Morgan fingerprint density at radius 3 is 2.11 bits per heavy atom. The van der Waals surface area contributed by atoms with Crippen LogP contribution >= 0.6 is 31.9 Å². The van der Waals surface area contributed by atoms with Crippen molar-refractivity contribution in [1.29, 1.82) is 0 Å². The minimum atomic E-state index is -0.411. The van der Waals surface area contributed by atoms with E-state index in [4.69, 9.17) is 0 Å². The van der Waals surface area contributed by atoms with Gasteiger partial charge in [0.1, 0.15) is 11.6 Å². The number of carbonyl (C=O) groups excluding carboxylic acids is 1. The summed E-state index contributed by atoms with van der Waals surface area (Å²) in [5, 5.41) is 0. The molecule has 98 valence electrons. The number of hydrogen-bond donors (Lipinski definition) is 0. The number of rotatable bonds is 3. The topological polar surface area (TPSA) is 17.1 Å². The van der Waals surface area contributed by atoms with Gasteiger partial charge in [0, 0.05) is 20.9 Å². The molecule has 5 heteroatoms. The Balaban J connectivity index is 2.25. The maximum atomic E-state index is 13.0. The largest absolute Gasteiger partial charge is 0.294 e. The predicted octanol–water partition coefficient (Wildman–Crippen LogP) is 4.92. The number of hydrogen-bond acceptors (Lipinski definition) is 1. The fraction of sp³-hybridized carbons (Fsp3) is 0.0714. The Hall–Kier alpha value is -1.07. The van der Waals surface area contributed by atoms with Gasteiger partial charge in [-0.15, -0.1) is 0 Å². The maximum Gasteiger partial charge on any atom is 0.168 e. The van der Waals surface area contributed by atoms with Crippen LogP contribution < -0.4 is 0 Å². The van der Waals surface area contributed by atoms with Crippen molar-refractivity contribution in [3.05, 3.63) is 68.1 Å². The van der Waals surface area contributed by atoms with E-state index in [2.05, 4.69) is 31.9 Å². The zero-order valence-corrected chi connectivity index (χ0v) is 12.8. The molecule has 0 fully saturated rings. The Kier molecular flexibility index (Phi) is 4.47. The van der Waals surface area contributed by atoms with E-state index < -0.39 is 5.82 Å². The van der Waals surface area contributed by atoms with Crippen LogP contribution in [0, 0.1) is 11.6 Å². The van der Waals surface area contributed by atoms with Crippen molar-refractivity contribution < 1.29 is 13.6 Å². The summed E-state index contributed by atoms with van der Waals surface area (Å²) in [5.41, 5.74) is 1.08. The third-order valence-corrected chi connectivity index (χ3v) is 3.99. The maximum absolute atomic E-state index is 13.0. The van der Waals surface area contributed by atoms with Crippen molar-refractivity contribution in [3.8, 4) is 0 Å². The molecule has 2 aromatic carbocycles. The van der Waals surface area contributed by atoms with Crippen LogP contribution in [-0.2, 0) is 6.42 Å². The van der Waals surface area contributed by atoms with E-state index in [9.17, 15) is 13.6 Å². The molecule has 0 saturated carbocycles. The first-order valence-corrected chi connectivity index (χ1v) is 6.98. The molecule has 0 aliphatic heterocycles. The van der Waals surface area contributed by atoms with Gasteiger partial charge in [0.05, 0.1) is 0 Å². The molecule has 0 aliphatic rings. The molecular formula is C14H8Br2F2O. The Labute approximate surface area is 125 Å². The summed E-state index contributed by atoms with van der Waals surface area (Å²) in [4.78, 5) is 12.1. The average molecular weight is 390 g/mol. The summed E-state index contributed by atoms with van der Waals surface area (Å²) in [5.74, 6) is -0.948. The summed E-state index contributed by atoms with van der Waals surface area (Å²) >= 11 is 6.37. The van der Waals surface area contributed by atoms with Gasteiger partial charge in [0.25, 0.3) is 0 Å². The predicted molar refractivity (Wildman–Crippen MR) is 76.2 cm³/mol. The van der Waals surface area contributed by atoms with Gasteiger partial charge in [-0.05, 0) is 51.8 Å². The highest BCUT2D eigenvalue weighted by molar-refractivity contribution is 9.10. The number of benzene rings is 2. The van der Waals surface area contributed by atoms with Gasteiger partial charge >= 0.3 is 0 Å². The number of carbonyl (C=O) groups is 1. The van der Waals surface area contributed by atoms with Crippen LogP contribution in [0.5, 0.6) is 0 Å². The van der Waals surface area contributed by atoms with E-state index in [0.717, 1.165) is 0 Å². The molecule has 19 heavy (non-hydrogen) atoms. The van der Waals surface area contributed by atoms with Gasteiger partial charge in [-0.2, -0.15) is 0 Å². The molecule has 2 rings (SSSR count). The molecule has 0 unspecified atom stereocenters. The zero-order chi connectivity index (χ0) is 14.0. The van der Waals surface area contributed by atoms with Crippen molar-refractivity contribution in [2.24, 2.45) is 0 Å². The summed E-state index contributed by atoms with van der Waals surface area (Å²) in [6.07, 6.45) is 0.116. The lowest BCUT2D eigenvalue weighted by atomic mass is 10.0. The van der Waals surface area contributed by atoms with Crippen molar-refractivity contribution in [1.82, 2.24) is 0 Å². The monoisotopic (exact) mass is 388 g/mol. The minimum absolute atomic E-state index is 0.116. The Morgan fingerprint density at radius 2 is 1.53 bits per heavy atom. The van der Waals surface area contributed by atoms with Gasteiger partial charge in [-0.25, -0.2) is 8.78 Å². The number of Topliss-reactive ketones (excluding diaryl/α,β-unsaturated/α-hetero) is 1. The second-order valence-electron chi connectivity index (χ2n) is 3.96. The molecule has 0 spiro atoms. The van der Waals surface area contributed by atoms with Crippen molar-refractivity contribution in [2.45, 2.75) is 6.42 Å². The van der Waals surface area contributed by atoms with Crippen LogP contribution in [0.15, 0.2) is 45.3 Å². The van der Waals surface area contributed by atoms with Gasteiger partial charge < -0.3 is 0 Å². The van der Waals surface area contributed by atoms with Gasteiger partial charge in [-0.3, -0.25) is 4.79 Å². The summed E-state index contributed by atoms with van der Waals surface area (Å²) in [6.45, 7) is 0. The molecule has 0 amide bonds. The molecule has 0 radical (unpaired) electrons. The number of ketones is 1. The number of halogens is 4. The van der Waals surface area contributed by atoms with Crippen molar-refractivity contribution in [3.63, 3.8) is 0 Å². The highest BCUT2D eigenvalue weighted by Gasteiger charge is 2.13. The third kappa shape index (κ3) is 3.48. The first kappa shape index (κ1) is 14.3. The second kappa shape index (κ2) is 5.92. The fourth-order valence-electron chi connectivity index (χ4n) is 1.65. The van der Waals surface area contributed by atoms with Crippen LogP contribution in [-0.4, -0.2) is 5.78 Å². The molecule has 0 heterocycles. The lowest BCUT2D eigenvalue weighted by Gasteiger charge is -2.06. The van der Waals surface area contributed by atoms with Crippen LogP contribution in [0.25, 0.3) is 0 Å². The third-order valence-electron chi connectivity index (χ3n) is 2.60. The fourth-order valence-corrected chi connectivity index (χ4v) is 2.71. The van der Waals surface area contributed by atoms with E-state index in [0.29, 0.717) is 20.1 Å². The second-order valence-corrected chi connectivity index (χ2v) is 5.67. The van der Waals surface area contributed by atoms with Crippen molar-refractivity contribution >= 4 is 37.6 Å². The summed E-state index contributed by atoms with van der Waals surface area (Å²) in [6, 6.07) is 8.06. The highest BCUT2D eigenvalue weighted by Crippen LogP contribution is 2.23. The van der Waals surface area contributed by atoms with Crippen LogP contribution in [0.3, 0.4) is 0 Å². The average Bonchev–Trinajstić information content (AvgIpc) is 2.32. The first-order chi connectivity index (χ1) is 8.97. The molecule has 0 N–H and O–H groups in total. The standard InChI is InChI=1S/C14H8Br2F2O/c15-12-6-9(17)2-1-8(12)5-14(19)11-4-3-10(18)7-13(11)16/h1-4,6-7H,5H2. The molecule has 0 bridgehead atoms. The van der Waals surface area contributed by atoms with Crippen molar-refractivity contribution in [2.75, 3.05) is 0 Å². The van der Waals surface area contributed by atoms with E-state index in [-0.39, 0.29) is 18.0 Å². The Morgan fingerprint density at radius 1 is 0.947 bits per heavy atom. The van der Waals surface area contributed by atoms with E-state index in [1.165, 1.54) is 30.3 Å². The van der Waals surface area contributed by atoms with Crippen LogP contribution in [0.2, 0.25) is 0 Å². The minimum Gasteiger partial charge on any atom is -0.294 e. The molecule has 0 saturated heterocycles. The molecule has 1 nitrogen and oxygen atoms in total. The molecule has 0 aliphatic carbocycles. The highest BCUT2D eigenvalue weighted by atomic mass is 79.9. The quantitative estimate of drug-likeness (QED) is 0.681. The molecular weight excluding hydrogens is 382 g/mol. The van der Waals surface area contributed by atoms with Gasteiger partial charge in [-0.1, -0.05) is 22.0 Å². The molecule has 0 aromatic heterocycles. The lowest BCUT2D eigenvalue weighted by molar-refractivity contribution is 0.0992. The first-order valence-electron chi connectivity index (χ1n) is 5.39. The SMILES string of the molecule is O=C(Cc1ccc(F)cc1Br)c1ccc(F)cc1Br. The lowest BCUT2D eigenvalue weighted by Crippen LogP contribution is -2.05. The van der Waals surface area contributed by atoms with E-state index >= 15 is 0 Å². The van der Waals surface area contributed by atoms with E-state index in [1.54, 1.807) is 6.07 Å². The van der Waals surface area contributed by atoms with Gasteiger partial charge in [0.2, 0.25) is 0 Å². The smallest absolute Gasteiger partial charge is 0.168 e. The normalized spacial score (nSPS) is 10.5. The Bertz CT molecular complexity index is 641. The van der Waals surface area contributed by atoms with E-state index in [1.807, 2.05) is 0 Å². The summed E-state index contributed by atoms with van der Waals surface area (Å²) < 4.78 is 26.9. The van der Waals surface area contributed by atoms with Crippen LogP contribution in [0.1, 0.15) is 15.9 Å². The summed E-state index contributed by atoms with van der Waals surface area (Å²) in [7, 11) is 0. The zero-order valence-electron chi connectivity index (χ0n) is 9.59.